The Kier molecular flexibility index (Phi) is 3.40. The van der Waals surface area contributed by atoms with Gasteiger partial charge in [-0.1, -0.05) is 23.7 Å². The molecule has 0 atom stereocenters. The van der Waals surface area contributed by atoms with Crippen molar-refractivity contribution in [1.29, 1.82) is 0 Å². The number of amides is 1. The Balaban J connectivity index is 2.47. The zero-order chi connectivity index (χ0) is 12.3. The summed E-state index contributed by atoms with van der Waals surface area (Å²) in [6.45, 7) is 1.45. The Hall–Kier alpha value is -1.87. The number of halogens is 1. The standard InChI is InChI=1S/C13H11ClN2O/c1-9(17)16-13-12(6-3-7-15-13)10-4-2-5-11(14)8-10/h2-8H,1H3,(H,15,16,17). The van der Waals surface area contributed by atoms with Gasteiger partial charge in [0.15, 0.2) is 0 Å². The largest absolute Gasteiger partial charge is 0.310 e. The second-order valence-electron chi connectivity index (χ2n) is 3.59. The molecule has 0 aliphatic carbocycles. The molecule has 3 nitrogen and oxygen atoms in total. The molecule has 0 unspecified atom stereocenters. The number of hydrogen-bond acceptors (Lipinski definition) is 2. The quantitative estimate of drug-likeness (QED) is 0.883. The fourth-order valence-electron chi connectivity index (χ4n) is 1.56. The van der Waals surface area contributed by atoms with Crippen molar-refractivity contribution in [2.45, 2.75) is 6.92 Å². The van der Waals surface area contributed by atoms with Gasteiger partial charge in [0, 0.05) is 23.7 Å². The first-order valence-electron chi connectivity index (χ1n) is 5.15. The average molecular weight is 247 g/mol. The molecule has 1 amide bonds. The summed E-state index contributed by atoms with van der Waals surface area (Å²) in [7, 11) is 0. The normalized spacial score (nSPS) is 10.0. The van der Waals surface area contributed by atoms with Crippen LogP contribution in [0, 0.1) is 0 Å². The molecule has 0 aliphatic rings. The first-order chi connectivity index (χ1) is 8.16. The van der Waals surface area contributed by atoms with E-state index in [-0.39, 0.29) is 5.91 Å². The van der Waals surface area contributed by atoms with Crippen LogP contribution >= 0.6 is 11.6 Å². The maximum Gasteiger partial charge on any atom is 0.222 e. The molecule has 0 aliphatic heterocycles. The van der Waals surface area contributed by atoms with Gasteiger partial charge in [0.2, 0.25) is 5.91 Å². The van der Waals surface area contributed by atoms with Crippen LogP contribution in [0.1, 0.15) is 6.92 Å². The van der Waals surface area contributed by atoms with E-state index in [2.05, 4.69) is 10.3 Å². The lowest BCUT2D eigenvalue weighted by molar-refractivity contribution is -0.114. The highest BCUT2D eigenvalue weighted by Gasteiger charge is 2.07. The number of nitrogens with zero attached hydrogens (tertiary/aromatic N) is 1. The van der Waals surface area contributed by atoms with Crippen LogP contribution in [0.3, 0.4) is 0 Å². The molecule has 1 aromatic carbocycles. The van der Waals surface area contributed by atoms with E-state index in [4.69, 9.17) is 11.6 Å². The maximum atomic E-state index is 11.1. The minimum absolute atomic E-state index is 0.146. The lowest BCUT2D eigenvalue weighted by Gasteiger charge is -2.08. The molecule has 0 saturated carbocycles. The number of rotatable bonds is 2. The fourth-order valence-corrected chi connectivity index (χ4v) is 1.75. The Morgan fingerprint density at radius 2 is 2.12 bits per heavy atom. The van der Waals surface area contributed by atoms with Gasteiger partial charge >= 0.3 is 0 Å². The van der Waals surface area contributed by atoms with Crippen LogP contribution in [0.15, 0.2) is 42.6 Å². The summed E-state index contributed by atoms with van der Waals surface area (Å²) in [6.07, 6.45) is 1.64. The van der Waals surface area contributed by atoms with E-state index in [1.54, 1.807) is 12.3 Å². The maximum absolute atomic E-state index is 11.1. The fraction of sp³-hybridized carbons (Fsp3) is 0.0769. The summed E-state index contributed by atoms with van der Waals surface area (Å²) in [4.78, 5) is 15.2. The number of anilines is 1. The van der Waals surface area contributed by atoms with E-state index in [9.17, 15) is 4.79 Å². The van der Waals surface area contributed by atoms with Gasteiger partial charge in [0.05, 0.1) is 0 Å². The van der Waals surface area contributed by atoms with Crippen molar-refractivity contribution in [3.63, 3.8) is 0 Å². The van der Waals surface area contributed by atoms with Gasteiger partial charge in [-0.3, -0.25) is 4.79 Å². The van der Waals surface area contributed by atoms with Gasteiger partial charge in [-0.05, 0) is 29.8 Å². The Morgan fingerprint density at radius 1 is 1.29 bits per heavy atom. The highest BCUT2D eigenvalue weighted by Crippen LogP contribution is 2.27. The van der Waals surface area contributed by atoms with Crippen LogP contribution in [0.5, 0.6) is 0 Å². The summed E-state index contributed by atoms with van der Waals surface area (Å²) in [5.74, 6) is 0.397. The molecule has 1 heterocycles. The lowest BCUT2D eigenvalue weighted by atomic mass is 10.1. The Morgan fingerprint density at radius 3 is 2.82 bits per heavy atom. The zero-order valence-electron chi connectivity index (χ0n) is 9.27. The van der Waals surface area contributed by atoms with E-state index in [1.165, 1.54) is 6.92 Å². The predicted molar refractivity (Wildman–Crippen MR) is 69.0 cm³/mol. The van der Waals surface area contributed by atoms with Crippen LogP contribution in [-0.4, -0.2) is 10.9 Å². The third kappa shape index (κ3) is 2.82. The van der Waals surface area contributed by atoms with Crippen molar-refractivity contribution in [2.75, 3.05) is 5.32 Å². The molecular weight excluding hydrogens is 236 g/mol. The average Bonchev–Trinajstić information content (AvgIpc) is 2.29. The number of hydrogen-bond donors (Lipinski definition) is 1. The van der Waals surface area contributed by atoms with Gasteiger partial charge in [0.25, 0.3) is 0 Å². The summed E-state index contributed by atoms with van der Waals surface area (Å²) in [5.41, 5.74) is 1.78. The molecule has 2 aromatic rings. The number of benzene rings is 1. The number of pyridine rings is 1. The topological polar surface area (TPSA) is 42.0 Å². The first-order valence-corrected chi connectivity index (χ1v) is 5.53. The number of nitrogens with one attached hydrogen (secondary N) is 1. The van der Waals surface area contributed by atoms with Crippen LogP contribution in [0.2, 0.25) is 5.02 Å². The minimum atomic E-state index is -0.146. The second-order valence-corrected chi connectivity index (χ2v) is 4.03. The highest BCUT2D eigenvalue weighted by atomic mass is 35.5. The third-order valence-corrected chi connectivity index (χ3v) is 2.47. The van der Waals surface area contributed by atoms with E-state index in [0.29, 0.717) is 10.8 Å². The van der Waals surface area contributed by atoms with E-state index < -0.39 is 0 Å². The highest BCUT2D eigenvalue weighted by molar-refractivity contribution is 6.30. The van der Waals surface area contributed by atoms with E-state index in [1.807, 2.05) is 30.3 Å². The van der Waals surface area contributed by atoms with Crippen molar-refractivity contribution in [1.82, 2.24) is 4.98 Å². The third-order valence-electron chi connectivity index (χ3n) is 2.24. The summed E-state index contributed by atoms with van der Waals surface area (Å²) in [6, 6.07) is 11.1. The van der Waals surface area contributed by atoms with Crippen molar-refractivity contribution in [3.8, 4) is 11.1 Å². The van der Waals surface area contributed by atoms with Crippen LogP contribution in [0.25, 0.3) is 11.1 Å². The van der Waals surface area contributed by atoms with E-state index >= 15 is 0 Å². The van der Waals surface area contributed by atoms with Gasteiger partial charge < -0.3 is 5.32 Å². The number of aromatic nitrogens is 1. The SMILES string of the molecule is CC(=O)Nc1ncccc1-c1cccc(Cl)c1. The Bertz CT molecular complexity index is 555. The van der Waals surface area contributed by atoms with Crippen molar-refractivity contribution >= 4 is 23.3 Å². The molecule has 0 bridgehead atoms. The summed E-state index contributed by atoms with van der Waals surface area (Å²) < 4.78 is 0. The lowest BCUT2D eigenvalue weighted by Crippen LogP contribution is -2.08. The number of carbonyl (C=O) groups is 1. The van der Waals surface area contributed by atoms with Crippen LogP contribution in [0.4, 0.5) is 5.82 Å². The van der Waals surface area contributed by atoms with Gasteiger partial charge in [-0.15, -0.1) is 0 Å². The predicted octanol–water partition coefficient (Wildman–Crippen LogP) is 3.36. The van der Waals surface area contributed by atoms with E-state index in [0.717, 1.165) is 11.1 Å². The van der Waals surface area contributed by atoms with Crippen LogP contribution in [-0.2, 0) is 4.79 Å². The second kappa shape index (κ2) is 4.97. The first kappa shape index (κ1) is 11.6. The number of carbonyl (C=O) groups excluding carboxylic acids is 1. The summed E-state index contributed by atoms with van der Waals surface area (Å²) >= 11 is 5.95. The zero-order valence-corrected chi connectivity index (χ0v) is 10.0. The smallest absolute Gasteiger partial charge is 0.222 e. The van der Waals surface area contributed by atoms with Gasteiger partial charge in [0.1, 0.15) is 5.82 Å². The summed E-state index contributed by atoms with van der Waals surface area (Å²) in [5, 5.41) is 3.35. The molecule has 2 rings (SSSR count). The van der Waals surface area contributed by atoms with Gasteiger partial charge in [-0.25, -0.2) is 4.98 Å². The molecule has 4 heteroatoms. The molecule has 0 saturated heterocycles. The molecule has 1 N–H and O–H groups in total. The molecule has 17 heavy (non-hydrogen) atoms. The van der Waals surface area contributed by atoms with Gasteiger partial charge in [-0.2, -0.15) is 0 Å². The molecule has 0 fully saturated rings. The molecule has 0 radical (unpaired) electrons. The molecule has 86 valence electrons. The molecular formula is C13H11ClN2O. The van der Waals surface area contributed by atoms with Crippen LogP contribution < -0.4 is 5.32 Å². The molecule has 1 aromatic heterocycles. The Labute approximate surface area is 104 Å². The van der Waals surface area contributed by atoms with Crippen molar-refractivity contribution < 1.29 is 4.79 Å². The minimum Gasteiger partial charge on any atom is -0.310 e. The monoisotopic (exact) mass is 246 g/mol. The van der Waals surface area contributed by atoms with Crippen molar-refractivity contribution in [3.05, 3.63) is 47.6 Å². The van der Waals surface area contributed by atoms with Crippen molar-refractivity contribution in [2.24, 2.45) is 0 Å². The molecule has 0 spiro atoms.